The molecular weight excluding hydrogens is 466 g/mol. The summed E-state index contributed by atoms with van der Waals surface area (Å²) in [4.78, 5) is 2.25. The van der Waals surface area contributed by atoms with Gasteiger partial charge in [-0.15, -0.1) is 0 Å². The first-order valence-electron chi connectivity index (χ1n) is 12.0. The van der Waals surface area contributed by atoms with Crippen LogP contribution in [0.2, 0.25) is 5.02 Å². The first-order valence-corrected chi connectivity index (χ1v) is 12.3. The number of ether oxygens (including phenoxy) is 3. The van der Waals surface area contributed by atoms with Gasteiger partial charge in [-0.3, -0.25) is 9.58 Å². The molecule has 1 N–H and O–H groups in total. The quantitative estimate of drug-likeness (QED) is 0.438. The summed E-state index contributed by atoms with van der Waals surface area (Å²) >= 11 is 6.26. The molecule has 0 spiro atoms. The van der Waals surface area contributed by atoms with E-state index >= 15 is 0 Å². The lowest BCUT2D eigenvalue weighted by Crippen LogP contribution is -2.51. The maximum absolute atomic E-state index is 11.2. The lowest BCUT2D eigenvalue weighted by atomic mass is 9.93. The molecule has 1 saturated heterocycles. The highest BCUT2D eigenvalue weighted by molar-refractivity contribution is 6.32. The minimum Gasteiger partial charge on any atom is -0.493 e. The van der Waals surface area contributed by atoms with Gasteiger partial charge in [0.1, 0.15) is 24.6 Å². The first kappa shape index (κ1) is 25.4. The molecule has 8 heteroatoms. The standard InChI is InChI=1S/C27H34ClN3O4/c1-20-5-7-23(28)25(13-20)35-19-27(32)9-4-10-30(18-27)17-22-6-8-24(26(14-22)33-3)34-12-11-31-16-21(2)15-29-31/h5-8,13-16,32H,4,9-12,17-19H2,1-3H3/t27-/m1/s1. The van der Waals surface area contributed by atoms with E-state index in [-0.39, 0.29) is 6.61 Å². The summed E-state index contributed by atoms with van der Waals surface area (Å²) < 4.78 is 19.3. The smallest absolute Gasteiger partial charge is 0.161 e. The maximum atomic E-state index is 11.2. The van der Waals surface area contributed by atoms with E-state index in [0.29, 0.717) is 54.9 Å². The van der Waals surface area contributed by atoms with Crippen LogP contribution in [0.3, 0.4) is 0 Å². The Morgan fingerprint density at radius 2 is 1.91 bits per heavy atom. The molecular formula is C27H34ClN3O4. The molecule has 1 atom stereocenters. The number of piperidine rings is 1. The molecule has 1 aliphatic heterocycles. The van der Waals surface area contributed by atoms with E-state index in [9.17, 15) is 5.11 Å². The van der Waals surface area contributed by atoms with Crippen LogP contribution in [0.1, 0.15) is 29.5 Å². The highest BCUT2D eigenvalue weighted by Gasteiger charge is 2.34. The Morgan fingerprint density at radius 1 is 1.06 bits per heavy atom. The second-order valence-corrected chi connectivity index (χ2v) is 9.78. The minimum absolute atomic E-state index is 0.207. The van der Waals surface area contributed by atoms with Gasteiger partial charge in [0.25, 0.3) is 0 Å². The summed E-state index contributed by atoms with van der Waals surface area (Å²) in [6.45, 7) is 7.53. The summed E-state index contributed by atoms with van der Waals surface area (Å²) in [5, 5.41) is 16.1. The van der Waals surface area contributed by atoms with Gasteiger partial charge < -0.3 is 19.3 Å². The van der Waals surface area contributed by atoms with Gasteiger partial charge in [0, 0.05) is 19.3 Å². The van der Waals surface area contributed by atoms with Gasteiger partial charge in [-0.2, -0.15) is 5.10 Å². The van der Waals surface area contributed by atoms with Crippen LogP contribution < -0.4 is 14.2 Å². The number of likely N-dealkylation sites (tertiary alicyclic amines) is 1. The Bertz CT molecular complexity index is 1140. The summed E-state index contributed by atoms with van der Waals surface area (Å²) in [6.07, 6.45) is 5.41. The van der Waals surface area contributed by atoms with Crippen molar-refractivity contribution in [1.82, 2.24) is 14.7 Å². The summed E-state index contributed by atoms with van der Waals surface area (Å²) in [6, 6.07) is 11.7. The number of aromatic nitrogens is 2. The van der Waals surface area contributed by atoms with Crippen molar-refractivity contribution in [3.63, 3.8) is 0 Å². The Labute approximate surface area is 212 Å². The number of rotatable bonds is 10. The summed E-state index contributed by atoms with van der Waals surface area (Å²) in [7, 11) is 1.65. The fraction of sp³-hybridized carbons (Fsp3) is 0.444. The molecule has 1 aromatic heterocycles. The molecule has 1 aliphatic rings. The zero-order chi connectivity index (χ0) is 24.8. The van der Waals surface area contributed by atoms with E-state index in [1.807, 2.05) is 67.3 Å². The predicted octanol–water partition coefficient (Wildman–Crippen LogP) is 4.65. The maximum Gasteiger partial charge on any atom is 0.161 e. The Hall–Kier alpha value is -2.74. The Morgan fingerprint density at radius 3 is 2.69 bits per heavy atom. The number of β-amino-alcohol motifs (C(OH)–C–C–N with tert-alkyl or cyclic N) is 1. The van der Waals surface area contributed by atoms with Gasteiger partial charge in [-0.1, -0.05) is 23.7 Å². The second-order valence-electron chi connectivity index (χ2n) is 9.38. The van der Waals surface area contributed by atoms with Crippen molar-refractivity contribution < 1.29 is 19.3 Å². The normalized spacial score (nSPS) is 18.4. The largest absolute Gasteiger partial charge is 0.493 e. The first-order chi connectivity index (χ1) is 16.8. The predicted molar refractivity (Wildman–Crippen MR) is 137 cm³/mol. The molecule has 188 valence electrons. The number of hydrogen-bond acceptors (Lipinski definition) is 6. The molecule has 0 bridgehead atoms. The van der Waals surface area contributed by atoms with Gasteiger partial charge in [0.05, 0.1) is 24.9 Å². The van der Waals surface area contributed by atoms with Crippen molar-refractivity contribution in [2.75, 3.05) is 33.4 Å². The van der Waals surface area contributed by atoms with Crippen LogP contribution in [0.5, 0.6) is 17.2 Å². The van der Waals surface area contributed by atoms with E-state index in [1.54, 1.807) is 7.11 Å². The van der Waals surface area contributed by atoms with E-state index < -0.39 is 5.60 Å². The molecule has 0 unspecified atom stereocenters. The van der Waals surface area contributed by atoms with Crippen molar-refractivity contribution in [3.05, 3.63) is 70.5 Å². The monoisotopic (exact) mass is 499 g/mol. The van der Waals surface area contributed by atoms with Gasteiger partial charge in [-0.05, 0) is 74.2 Å². The zero-order valence-electron chi connectivity index (χ0n) is 20.7. The minimum atomic E-state index is -0.927. The molecule has 0 aliphatic carbocycles. The highest BCUT2D eigenvalue weighted by atomic mass is 35.5. The van der Waals surface area contributed by atoms with Gasteiger partial charge in [-0.25, -0.2) is 0 Å². The summed E-state index contributed by atoms with van der Waals surface area (Å²) in [5.41, 5.74) is 2.37. The van der Waals surface area contributed by atoms with Gasteiger partial charge in [0.2, 0.25) is 0 Å². The fourth-order valence-corrected chi connectivity index (χ4v) is 4.59. The number of aliphatic hydroxyl groups is 1. The average molecular weight is 500 g/mol. The van der Waals surface area contributed by atoms with Gasteiger partial charge >= 0.3 is 0 Å². The lowest BCUT2D eigenvalue weighted by molar-refractivity contribution is -0.0621. The second kappa shape index (κ2) is 11.3. The molecule has 1 fully saturated rings. The molecule has 0 radical (unpaired) electrons. The van der Waals surface area contributed by atoms with Crippen LogP contribution in [0, 0.1) is 13.8 Å². The van der Waals surface area contributed by atoms with Crippen molar-refractivity contribution >= 4 is 11.6 Å². The molecule has 7 nitrogen and oxygen atoms in total. The molecule has 0 amide bonds. The number of halogens is 1. The van der Waals surface area contributed by atoms with E-state index in [1.165, 1.54) is 0 Å². The van der Waals surface area contributed by atoms with Crippen LogP contribution >= 0.6 is 11.6 Å². The fourth-order valence-electron chi connectivity index (χ4n) is 4.42. The SMILES string of the molecule is COc1cc(CN2CCC[C@](O)(COc3cc(C)ccc3Cl)C2)ccc1OCCn1cc(C)cn1. The third-order valence-corrected chi connectivity index (χ3v) is 6.50. The molecule has 2 aromatic carbocycles. The van der Waals surface area contributed by atoms with Crippen molar-refractivity contribution in [3.8, 4) is 17.2 Å². The Balaban J connectivity index is 1.33. The Kier molecular flexibility index (Phi) is 8.21. The zero-order valence-corrected chi connectivity index (χ0v) is 21.4. The van der Waals surface area contributed by atoms with Crippen LogP contribution in [0.25, 0.3) is 0 Å². The molecule has 0 saturated carbocycles. The van der Waals surface area contributed by atoms with Gasteiger partial charge in [0.15, 0.2) is 11.5 Å². The van der Waals surface area contributed by atoms with Crippen LogP contribution in [0.15, 0.2) is 48.8 Å². The lowest BCUT2D eigenvalue weighted by Gasteiger charge is -2.39. The number of methoxy groups -OCH3 is 1. The molecule has 2 heterocycles. The van der Waals surface area contributed by atoms with Crippen molar-refractivity contribution in [2.24, 2.45) is 0 Å². The van der Waals surface area contributed by atoms with Crippen LogP contribution in [-0.2, 0) is 13.1 Å². The number of aryl methyl sites for hydroxylation is 2. The summed E-state index contributed by atoms with van der Waals surface area (Å²) in [5.74, 6) is 2.02. The number of benzene rings is 2. The van der Waals surface area contributed by atoms with Crippen molar-refractivity contribution in [1.29, 1.82) is 0 Å². The molecule has 35 heavy (non-hydrogen) atoms. The van der Waals surface area contributed by atoms with Crippen LogP contribution in [0.4, 0.5) is 0 Å². The topological polar surface area (TPSA) is 69.0 Å². The third-order valence-electron chi connectivity index (χ3n) is 6.19. The number of hydrogen-bond donors (Lipinski definition) is 1. The molecule has 3 aromatic rings. The average Bonchev–Trinajstić information content (AvgIpc) is 3.25. The van der Waals surface area contributed by atoms with Crippen molar-refractivity contribution in [2.45, 2.75) is 45.4 Å². The third kappa shape index (κ3) is 6.90. The highest BCUT2D eigenvalue weighted by Crippen LogP contribution is 2.31. The number of nitrogens with zero attached hydrogens (tertiary/aromatic N) is 3. The van der Waals surface area contributed by atoms with E-state index in [4.69, 9.17) is 25.8 Å². The molecule has 4 rings (SSSR count). The van der Waals surface area contributed by atoms with E-state index in [2.05, 4.69) is 10.00 Å². The van der Waals surface area contributed by atoms with Crippen LogP contribution in [-0.4, -0.2) is 58.8 Å². The van der Waals surface area contributed by atoms with E-state index in [0.717, 1.165) is 29.7 Å².